The van der Waals surface area contributed by atoms with E-state index in [4.69, 9.17) is 5.11 Å². The highest BCUT2D eigenvalue weighted by Gasteiger charge is 2.19. The molecule has 1 heterocycles. The number of halogens is 2. The van der Waals surface area contributed by atoms with Crippen LogP contribution >= 0.6 is 0 Å². The smallest absolute Gasteiger partial charge is 0.133 e. The topological polar surface area (TPSA) is 32.3 Å². The van der Waals surface area contributed by atoms with Crippen LogP contribution in [0.25, 0.3) is 0 Å². The van der Waals surface area contributed by atoms with Gasteiger partial charge in [-0.15, -0.1) is 0 Å². The molecule has 0 amide bonds. The van der Waals surface area contributed by atoms with Crippen LogP contribution in [-0.4, -0.2) is 18.2 Å². The van der Waals surface area contributed by atoms with Crippen molar-refractivity contribution >= 4 is 0 Å². The van der Waals surface area contributed by atoms with Crippen molar-refractivity contribution in [3.05, 3.63) is 29.3 Å². The summed E-state index contributed by atoms with van der Waals surface area (Å²) >= 11 is 0. The van der Waals surface area contributed by atoms with Gasteiger partial charge in [-0.05, 0) is 31.8 Å². The van der Waals surface area contributed by atoms with Gasteiger partial charge < -0.3 is 10.4 Å². The lowest BCUT2D eigenvalue weighted by molar-refractivity contribution is 0.450. The van der Waals surface area contributed by atoms with Crippen LogP contribution in [0, 0.1) is 17.6 Å². The van der Waals surface area contributed by atoms with Crippen molar-refractivity contribution in [3.8, 4) is 5.75 Å². The van der Waals surface area contributed by atoms with Crippen LogP contribution < -0.4 is 5.32 Å². The Hall–Kier alpha value is -1.16. The van der Waals surface area contributed by atoms with Gasteiger partial charge in [-0.2, -0.15) is 0 Å². The minimum Gasteiger partial charge on any atom is -0.508 e. The van der Waals surface area contributed by atoms with Crippen LogP contribution in [0.5, 0.6) is 5.75 Å². The molecule has 0 spiro atoms. The van der Waals surface area contributed by atoms with Crippen LogP contribution in [-0.2, 0) is 6.42 Å². The molecule has 0 aliphatic carbocycles. The summed E-state index contributed by atoms with van der Waals surface area (Å²) in [6.45, 7) is 1.71. The summed E-state index contributed by atoms with van der Waals surface area (Å²) < 4.78 is 26.7. The Morgan fingerprint density at radius 1 is 1.33 bits per heavy atom. The number of phenolic OH excluding ortho intramolecular Hbond substituents is 1. The molecule has 0 aromatic heterocycles. The van der Waals surface area contributed by atoms with Gasteiger partial charge in [-0.3, -0.25) is 0 Å². The van der Waals surface area contributed by atoms with Gasteiger partial charge in [-0.25, -0.2) is 8.78 Å². The zero-order valence-electron chi connectivity index (χ0n) is 8.26. The average molecular weight is 213 g/mol. The quantitative estimate of drug-likeness (QED) is 0.785. The predicted octanol–water partition coefficient (Wildman–Crippen LogP) is 1.82. The molecule has 4 heteroatoms. The maximum Gasteiger partial charge on any atom is 0.133 e. The first-order chi connectivity index (χ1) is 7.16. The molecule has 0 bridgehead atoms. The molecule has 82 valence electrons. The van der Waals surface area contributed by atoms with Gasteiger partial charge in [0.25, 0.3) is 0 Å². The number of phenols is 1. The fourth-order valence-corrected chi connectivity index (χ4v) is 1.96. The van der Waals surface area contributed by atoms with Crippen molar-refractivity contribution in [2.45, 2.75) is 12.8 Å². The molecule has 1 saturated heterocycles. The van der Waals surface area contributed by atoms with Crippen molar-refractivity contribution in [1.29, 1.82) is 0 Å². The molecule has 0 saturated carbocycles. The molecule has 15 heavy (non-hydrogen) atoms. The Morgan fingerprint density at radius 3 is 2.53 bits per heavy atom. The highest BCUT2D eigenvalue weighted by molar-refractivity contribution is 5.29. The molecule has 1 atom stereocenters. The molecule has 1 aliphatic heterocycles. The average Bonchev–Trinajstić information content (AvgIpc) is 2.63. The highest BCUT2D eigenvalue weighted by Crippen LogP contribution is 2.23. The minimum absolute atomic E-state index is 0.0847. The number of benzene rings is 1. The van der Waals surface area contributed by atoms with Gasteiger partial charge in [-0.1, -0.05) is 0 Å². The molecule has 1 aromatic rings. The fourth-order valence-electron chi connectivity index (χ4n) is 1.96. The van der Waals surface area contributed by atoms with Gasteiger partial charge in [0.15, 0.2) is 0 Å². The molecule has 1 aromatic carbocycles. The second kappa shape index (κ2) is 4.14. The summed E-state index contributed by atoms with van der Waals surface area (Å²) in [5, 5.41) is 12.1. The molecule has 2 N–H and O–H groups in total. The lowest BCUT2D eigenvalue weighted by Gasteiger charge is -2.10. The lowest BCUT2D eigenvalue weighted by Crippen LogP contribution is -2.12. The number of hydrogen-bond acceptors (Lipinski definition) is 2. The Labute approximate surface area is 86.9 Å². The van der Waals surface area contributed by atoms with Crippen LogP contribution in [0.1, 0.15) is 12.0 Å². The van der Waals surface area contributed by atoms with E-state index in [2.05, 4.69) is 5.32 Å². The van der Waals surface area contributed by atoms with Crippen LogP contribution in [0.15, 0.2) is 12.1 Å². The maximum absolute atomic E-state index is 13.3. The Balaban J connectivity index is 2.19. The van der Waals surface area contributed by atoms with Crippen LogP contribution in [0.4, 0.5) is 8.78 Å². The largest absolute Gasteiger partial charge is 0.508 e. The first-order valence-electron chi connectivity index (χ1n) is 5.04. The van der Waals surface area contributed by atoms with E-state index in [9.17, 15) is 8.78 Å². The van der Waals surface area contributed by atoms with E-state index in [1.165, 1.54) is 0 Å². The van der Waals surface area contributed by atoms with Crippen molar-refractivity contribution < 1.29 is 13.9 Å². The van der Waals surface area contributed by atoms with Gasteiger partial charge in [0.1, 0.15) is 17.4 Å². The van der Waals surface area contributed by atoms with E-state index < -0.39 is 11.6 Å². The first-order valence-corrected chi connectivity index (χ1v) is 5.04. The van der Waals surface area contributed by atoms with Crippen LogP contribution in [0.3, 0.4) is 0 Å². The third-order valence-corrected chi connectivity index (χ3v) is 2.78. The van der Waals surface area contributed by atoms with Crippen molar-refractivity contribution in [3.63, 3.8) is 0 Å². The molecule has 2 rings (SSSR count). The van der Waals surface area contributed by atoms with Gasteiger partial charge in [0, 0.05) is 17.7 Å². The summed E-state index contributed by atoms with van der Waals surface area (Å²) in [5.74, 6) is -1.38. The maximum atomic E-state index is 13.3. The number of aromatic hydroxyl groups is 1. The molecular formula is C11H13F2NO. The SMILES string of the molecule is Oc1cc(F)c(CC2CCNC2)c(F)c1. The molecular weight excluding hydrogens is 200 g/mol. The predicted molar refractivity (Wildman–Crippen MR) is 52.7 cm³/mol. The molecule has 1 fully saturated rings. The Morgan fingerprint density at radius 2 is 2.00 bits per heavy atom. The van der Waals surface area contributed by atoms with E-state index in [-0.39, 0.29) is 11.3 Å². The summed E-state index contributed by atoms with van der Waals surface area (Å²) in [4.78, 5) is 0. The third kappa shape index (κ3) is 2.26. The first kappa shape index (κ1) is 10.4. The third-order valence-electron chi connectivity index (χ3n) is 2.78. The summed E-state index contributed by atoms with van der Waals surface area (Å²) in [7, 11) is 0. The van der Waals surface area contributed by atoms with E-state index >= 15 is 0 Å². The zero-order chi connectivity index (χ0) is 10.8. The molecule has 1 unspecified atom stereocenters. The second-order valence-electron chi connectivity index (χ2n) is 3.95. The van der Waals surface area contributed by atoms with Gasteiger partial charge in [0.05, 0.1) is 0 Å². The molecule has 0 radical (unpaired) electrons. The van der Waals surface area contributed by atoms with E-state index in [0.29, 0.717) is 12.3 Å². The molecule has 1 aliphatic rings. The summed E-state index contributed by atoms with van der Waals surface area (Å²) in [6, 6.07) is 1.92. The standard InChI is InChI=1S/C11H13F2NO/c12-10-4-8(15)5-11(13)9(10)3-7-1-2-14-6-7/h4-5,7,14-15H,1-3,6H2. The highest BCUT2D eigenvalue weighted by atomic mass is 19.1. The lowest BCUT2D eigenvalue weighted by atomic mass is 9.98. The van der Waals surface area contributed by atoms with E-state index in [1.54, 1.807) is 0 Å². The monoisotopic (exact) mass is 213 g/mol. The normalized spacial score (nSPS) is 20.8. The molecule has 2 nitrogen and oxygen atoms in total. The Bertz CT molecular complexity index is 339. The number of hydrogen-bond donors (Lipinski definition) is 2. The number of nitrogens with one attached hydrogen (secondary N) is 1. The second-order valence-corrected chi connectivity index (χ2v) is 3.95. The van der Waals surface area contributed by atoms with E-state index in [1.807, 2.05) is 0 Å². The minimum atomic E-state index is -0.653. The van der Waals surface area contributed by atoms with Gasteiger partial charge >= 0.3 is 0 Å². The van der Waals surface area contributed by atoms with E-state index in [0.717, 1.165) is 31.6 Å². The van der Waals surface area contributed by atoms with Crippen molar-refractivity contribution in [2.75, 3.05) is 13.1 Å². The summed E-state index contributed by atoms with van der Waals surface area (Å²) in [6.07, 6.45) is 1.34. The summed E-state index contributed by atoms with van der Waals surface area (Å²) in [5.41, 5.74) is 0.0847. The Kier molecular flexibility index (Phi) is 2.86. The van der Waals surface area contributed by atoms with Crippen molar-refractivity contribution in [1.82, 2.24) is 5.32 Å². The van der Waals surface area contributed by atoms with Crippen LogP contribution in [0.2, 0.25) is 0 Å². The van der Waals surface area contributed by atoms with Gasteiger partial charge in [0.2, 0.25) is 0 Å². The number of rotatable bonds is 2. The zero-order valence-corrected chi connectivity index (χ0v) is 8.26. The fraction of sp³-hybridized carbons (Fsp3) is 0.455. The van der Waals surface area contributed by atoms with Crippen molar-refractivity contribution in [2.24, 2.45) is 5.92 Å².